The minimum Gasteiger partial charge on any atom is -0.453 e. The van der Waals surface area contributed by atoms with E-state index in [1.54, 1.807) is 6.92 Å². The van der Waals surface area contributed by atoms with Gasteiger partial charge in [-0.1, -0.05) is 15.9 Å². The van der Waals surface area contributed by atoms with Crippen LogP contribution in [-0.2, 0) is 9.53 Å². The highest BCUT2D eigenvalue weighted by Gasteiger charge is 2.10. The summed E-state index contributed by atoms with van der Waals surface area (Å²) in [5, 5.41) is 2.81. The first-order valence-electron chi connectivity index (χ1n) is 3.52. The maximum atomic E-state index is 10.9. The summed E-state index contributed by atoms with van der Waals surface area (Å²) in [5.41, 5.74) is 0. The molecule has 0 heterocycles. The summed E-state index contributed by atoms with van der Waals surface area (Å²) in [5.74, 6) is 0.0545. The highest BCUT2D eigenvalue weighted by Crippen LogP contribution is 1.95. The Hall–Kier alpha value is -0.580. The first kappa shape index (κ1) is 11.4. The summed E-state index contributed by atoms with van der Waals surface area (Å²) < 4.78 is 4.36. The first-order chi connectivity index (χ1) is 5.60. The fraction of sp³-hybridized carbons (Fsp3) is 0.714. The van der Waals surface area contributed by atoms with Gasteiger partial charge in [-0.25, -0.2) is 4.79 Å². The molecule has 1 amide bonds. The Balaban J connectivity index is 3.66. The second kappa shape index (κ2) is 5.99. The number of hydrogen-bond donors (Lipinski definition) is 1. The lowest BCUT2D eigenvalue weighted by molar-refractivity contribution is -0.116. The minimum absolute atomic E-state index is 0.0545. The first-order valence-corrected chi connectivity index (χ1v) is 4.64. The van der Waals surface area contributed by atoms with Crippen molar-refractivity contribution in [2.75, 3.05) is 12.4 Å². The van der Waals surface area contributed by atoms with Gasteiger partial charge in [0.2, 0.25) is 0 Å². The number of carbonyl (C=O) groups is 2. The highest BCUT2D eigenvalue weighted by molar-refractivity contribution is 9.09. The van der Waals surface area contributed by atoms with Gasteiger partial charge < -0.3 is 10.1 Å². The molecule has 12 heavy (non-hydrogen) atoms. The zero-order valence-electron chi connectivity index (χ0n) is 7.09. The molecule has 0 aromatic heterocycles. The highest BCUT2D eigenvalue weighted by atomic mass is 79.9. The van der Waals surface area contributed by atoms with E-state index < -0.39 is 6.09 Å². The second-order valence-electron chi connectivity index (χ2n) is 2.41. The Labute approximate surface area is 79.8 Å². The Morgan fingerprint density at radius 2 is 2.17 bits per heavy atom. The Morgan fingerprint density at radius 1 is 1.58 bits per heavy atom. The molecule has 0 radical (unpaired) electrons. The van der Waals surface area contributed by atoms with Crippen LogP contribution in [0.1, 0.15) is 13.3 Å². The maximum Gasteiger partial charge on any atom is 0.407 e. The number of methoxy groups -OCH3 is 1. The van der Waals surface area contributed by atoms with Gasteiger partial charge in [-0.3, -0.25) is 4.79 Å². The molecule has 0 bridgehead atoms. The zero-order chi connectivity index (χ0) is 9.56. The predicted octanol–water partition coefficient (Wildman–Crippen LogP) is 1.08. The summed E-state index contributed by atoms with van der Waals surface area (Å²) in [4.78, 5) is 21.5. The second-order valence-corrected chi connectivity index (χ2v) is 2.97. The monoisotopic (exact) mass is 237 g/mol. The van der Waals surface area contributed by atoms with E-state index in [4.69, 9.17) is 0 Å². The fourth-order valence-corrected chi connectivity index (χ4v) is 0.936. The molecule has 4 nitrogen and oxygen atoms in total. The van der Waals surface area contributed by atoms with Crippen LogP contribution in [0, 0.1) is 0 Å². The lowest BCUT2D eigenvalue weighted by Crippen LogP contribution is -2.34. The van der Waals surface area contributed by atoms with Crippen LogP contribution >= 0.6 is 15.9 Å². The summed E-state index contributed by atoms with van der Waals surface area (Å²) >= 11 is 3.03. The van der Waals surface area contributed by atoms with Crippen molar-refractivity contribution in [1.29, 1.82) is 0 Å². The SMILES string of the molecule is COC(=O)NC(C)CC(=O)CBr. The van der Waals surface area contributed by atoms with Crippen molar-refractivity contribution in [3.63, 3.8) is 0 Å². The number of alkyl halides is 1. The number of Topliss-reactive ketones (excluding diaryl/α,β-unsaturated/α-hetero) is 1. The molecule has 0 rings (SSSR count). The number of halogens is 1. The maximum absolute atomic E-state index is 10.9. The third-order valence-corrected chi connectivity index (χ3v) is 1.86. The smallest absolute Gasteiger partial charge is 0.407 e. The summed E-state index contributed by atoms with van der Waals surface area (Å²) in [6.45, 7) is 1.75. The van der Waals surface area contributed by atoms with Crippen LogP contribution in [0.2, 0.25) is 0 Å². The molecule has 0 aromatic carbocycles. The van der Waals surface area contributed by atoms with Crippen LogP contribution in [-0.4, -0.2) is 30.4 Å². The number of ether oxygens (including phenoxy) is 1. The van der Waals surface area contributed by atoms with Crippen LogP contribution in [0.4, 0.5) is 4.79 Å². The van der Waals surface area contributed by atoms with E-state index >= 15 is 0 Å². The van der Waals surface area contributed by atoms with Gasteiger partial charge in [0, 0.05) is 12.5 Å². The van der Waals surface area contributed by atoms with E-state index in [0.29, 0.717) is 11.8 Å². The van der Waals surface area contributed by atoms with E-state index in [1.807, 2.05) is 0 Å². The molecular formula is C7H12BrNO3. The van der Waals surface area contributed by atoms with E-state index in [1.165, 1.54) is 7.11 Å². The van der Waals surface area contributed by atoms with Gasteiger partial charge in [-0.15, -0.1) is 0 Å². The van der Waals surface area contributed by atoms with E-state index in [-0.39, 0.29) is 11.8 Å². The molecule has 1 unspecified atom stereocenters. The van der Waals surface area contributed by atoms with Crippen molar-refractivity contribution in [3.8, 4) is 0 Å². The van der Waals surface area contributed by atoms with Gasteiger partial charge in [0.1, 0.15) is 5.78 Å². The molecule has 0 fully saturated rings. The summed E-state index contributed by atoms with van der Waals surface area (Å²) in [7, 11) is 1.29. The third-order valence-electron chi connectivity index (χ3n) is 1.23. The number of nitrogens with one attached hydrogen (secondary N) is 1. The third kappa shape index (κ3) is 5.12. The lowest BCUT2D eigenvalue weighted by Gasteiger charge is -2.10. The van der Waals surface area contributed by atoms with Crippen LogP contribution in [0.5, 0.6) is 0 Å². The van der Waals surface area contributed by atoms with Gasteiger partial charge >= 0.3 is 6.09 Å². The number of hydrogen-bond acceptors (Lipinski definition) is 3. The molecule has 5 heteroatoms. The van der Waals surface area contributed by atoms with E-state index in [0.717, 1.165) is 0 Å². The van der Waals surface area contributed by atoms with Gasteiger partial charge in [-0.2, -0.15) is 0 Å². The molecular weight excluding hydrogens is 226 g/mol. The minimum atomic E-state index is -0.509. The Bertz CT molecular complexity index is 154. The number of rotatable bonds is 4. The Morgan fingerprint density at radius 3 is 2.58 bits per heavy atom. The van der Waals surface area contributed by atoms with Gasteiger partial charge in [0.15, 0.2) is 0 Å². The zero-order valence-corrected chi connectivity index (χ0v) is 8.68. The normalized spacial score (nSPS) is 11.9. The van der Waals surface area contributed by atoms with Crippen molar-refractivity contribution >= 4 is 27.8 Å². The van der Waals surface area contributed by atoms with Crippen molar-refractivity contribution in [3.05, 3.63) is 0 Å². The predicted molar refractivity (Wildman–Crippen MR) is 48.4 cm³/mol. The molecule has 70 valence electrons. The lowest BCUT2D eigenvalue weighted by atomic mass is 10.2. The number of carbonyl (C=O) groups excluding carboxylic acids is 2. The number of alkyl carbamates (subject to hydrolysis) is 1. The van der Waals surface area contributed by atoms with Gasteiger partial charge in [0.05, 0.1) is 12.4 Å². The average molecular weight is 238 g/mol. The molecule has 0 spiro atoms. The van der Waals surface area contributed by atoms with Crippen LogP contribution in [0.15, 0.2) is 0 Å². The molecule has 0 aliphatic carbocycles. The Kier molecular flexibility index (Phi) is 5.70. The largest absolute Gasteiger partial charge is 0.453 e. The molecule has 1 N–H and O–H groups in total. The summed E-state index contributed by atoms with van der Waals surface area (Å²) in [6, 6.07) is -0.178. The quantitative estimate of drug-likeness (QED) is 0.745. The van der Waals surface area contributed by atoms with Crippen molar-refractivity contribution in [2.24, 2.45) is 0 Å². The number of ketones is 1. The fourth-order valence-electron chi connectivity index (χ4n) is 0.707. The van der Waals surface area contributed by atoms with Gasteiger partial charge in [-0.05, 0) is 6.92 Å². The molecule has 0 aliphatic heterocycles. The standard InChI is InChI=1S/C7H12BrNO3/c1-5(3-6(10)4-8)9-7(11)12-2/h5H,3-4H2,1-2H3,(H,9,11). The summed E-state index contributed by atoms with van der Waals surface area (Å²) in [6.07, 6.45) is -0.190. The molecule has 0 saturated heterocycles. The van der Waals surface area contributed by atoms with Crippen LogP contribution in [0.25, 0.3) is 0 Å². The van der Waals surface area contributed by atoms with Crippen molar-refractivity contribution < 1.29 is 14.3 Å². The topological polar surface area (TPSA) is 55.4 Å². The van der Waals surface area contributed by atoms with Crippen molar-refractivity contribution in [1.82, 2.24) is 5.32 Å². The number of amides is 1. The van der Waals surface area contributed by atoms with Crippen molar-refractivity contribution in [2.45, 2.75) is 19.4 Å². The molecule has 0 aliphatic rings. The average Bonchev–Trinajstić information content (AvgIpc) is 2.03. The molecule has 0 aromatic rings. The van der Waals surface area contributed by atoms with Crippen LogP contribution < -0.4 is 5.32 Å². The van der Waals surface area contributed by atoms with Gasteiger partial charge in [0.25, 0.3) is 0 Å². The molecule has 0 saturated carbocycles. The van der Waals surface area contributed by atoms with E-state index in [2.05, 4.69) is 26.0 Å². The van der Waals surface area contributed by atoms with Crippen LogP contribution in [0.3, 0.4) is 0 Å². The molecule has 1 atom stereocenters. The van der Waals surface area contributed by atoms with E-state index in [9.17, 15) is 9.59 Å².